The summed E-state index contributed by atoms with van der Waals surface area (Å²) in [6, 6.07) is 8.51. The number of rotatable bonds is 10. The molecule has 1 aliphatic rings. The Morgan fingerprint density at radius 3 is 2.24 bits per heavy atom. The van der Waals surface area contributed by atoms with Gasteiger partial charge in [-0.1, -0.05) is 26.5 Å². The number of anilines is 1. The van der Waals surface area contributed by atoms with E-state index >= 15 is 0 Å². The highest BCUT2D eigenvalue weighted by atomic mass is 19.4. The molecule has 1 saturated heterocycles. The van der Waals surface area contributed by atoms with Crippen molar-refractivity contribution in [2.24, 2.45) is 5.92 Å². The summed E-state index contributed by atoms with van der Waals surface area (Å²) in [7, 11) is 3.09. The van der Waals surface area contributed by atoms with Crippen molar-refractivity contribution in [3.63, 3.8) is 0 Å². The molecule has 2 atom stereocenters. The number of alkyl halides is 3. The van der Waals surface area contributed by atoms with Gasteiger partial charge in [-0.2, -0.15) is 13.2 Å². The van der Waals surface area contributed by atoms with Crippen molar-refractivity contribution < 1.29 is 37.0 Å². The molecule has 0 radical (unpaired) electrons. The summed E-state index contributed by atoms with van der Waals surface area (Å²) in [4.78, 5) is 27.3. The topological polar surface area (TPSA) is 77.1 Å². The summed E-state index contributed by atoms with van der Waals surface area (Å²) >= 11 is 0. The Kier molecular flexibility index (Phi) is 10.2. The van der Waals surface area contributed by atoms with Crippen LogP contribution in [0, 0.1) is 5.92 Å². The van der Waals surface area contributed by atoms with E-state index in [2.05, 4.69) is 11.9 Å². The summed E-state index contributed by atoms with van der Waals surface area (Å²) in [5.74, 6) is 0.298. The van der Waals surface area contributed by atoms with Gasteiger partial charge in [0, 0.05) is 12.0 Å². The molecule has 0 saturated carbocycles. The maximum atomic E-state index is 13.6. The average Bonchev–Trinajstić information content (AvgIpc) is 3.13. The number of ether oxygens (including phenoxy) is 3. The van der Waals surface area contributed by atoms with E-state index in [0.717, 1.165) is 34.7 Å². The highest BCUT2D eigenvalue weighted by molar-refractivity contribution is 6.23. The minimum Gasteiger partial charge on any atom is -0.498 e. The molecule has 1 N–H and O–H groups in total. The molecule has 2 aromatic rings. The predicted octanol–water partition coefficient (Wildman–Crippen LogP) is 6.36. The molecule has 1 fully saturated rings. The zero-order chi connectivity index (χ0) is 28.7. The first kappa shape index (κ1) is 30.5. The number of nitrogens with zero attached hydrogens (tertiary/aromatic N) is 1. The fourth-order valence-electron chi connectivity index (χ4n) is 4.34. The Balaban J connectivity index is 0.00000247. The molecule has 3 rings (SSSR count). The SMILES string of the molecule is C=C(OCC)C(CCc1ccc(OC)cc1OC)C1(C)NC(=O)N(c2ccc(C(F)(F)F)cc2)C1=O.CC. The summed E-state index contributed by atoms with van der Waals surface area (Å²) in [5.41, 5.74) is -1.43. The van der Waals surface area contributed by atoms with Crippen LogP contribution in [0.5, 0.6) is 11.5 Å². The van der Waals surface area contributed by atoms with Crippen LogP contribution in [-0.2, 0) is 22.1 Å². The molecule has 10 heteroatoms. The van der Waals surface area contributed by atoms with Crippen molar-refractivity contribution in [1.82, 2.24) is 5.32 Å². The van der Waals surface area contributed by atoms with Crippen LogP contribution in [0.4, 0.5) is 23.7 Å². The van der Waals surface area contributed by atoms with Gasteiger partial charge >= 0.3 is 12.2 Å². The number of benzene rings is 2. The summed E-state index contributed by atoms with van der Waals surface area (Å²) in [6.07, 6.45) is -3.71. The van der Waals surface area contributed by atoms with Crippen molar-refractivity contribution >= 4 is 17.6 Å². The number of imide groups is 1. The van der Waals surface area contributed by atoms with Crippen LogP contribution in [0.15, 0.2) is 54.8 Å². The van der Waals surface area contributed by atoms with Crippen LogP contribution >= 0.6 is 0 Å². The van der Waals surface area contributed by atoms with Crippen molar-refractivity contribution in [3.05, 3.63) is 65.9 Å². The number of methoxy groups -OCH3 is 2. The van der Waals surface area contributed by atoms with E-state index in [-0.39, 0.29) is 5.69 Å². The Hall–Kier alpha value is -3.69. The molecule has 0 bridgehead atoms. The Labute approximate surface area is 221 Å². The predicted molar refractivity (Wildman–Crippen MR) is 139 cm³/mol. The molecule has 3 amide bonds. The lowest BCUT2D eigenvalue weighted by atomic mass is 9.80. The van der Waals surface area contributed by atoms with Crippen LogP contribution in [0.1, 0.15) is 45.2 Å². The van der Waals surface area contributed by atoms with Crippen molar-refractivity contribution in [2.75, 3.05) is 25.7 Å². The van der Waals surface area contributed by atoms with Crippen LogP contribution in [0.25, 0.3) is 0 Å². The van der Waals surface area contributed by atoms with Gasteiger partial charge in [-0.25, -0.2) is 9.69 Å². The molecule has 2 unspecified atom stereocenters. The van der Waals surface area contributed by atoms with E-state index in [0.29, 0.717) is 36.7 Å². The minimum atomic E-state index is -4.53. The largest absolute Gasteiger partial charge is 0.498 e. The van der Waals surface area contributed by atoms with Gasteiger partial charge in [-0.3, -0.25) is 4.79 Å². The Morgan fingerprint density at radius 2 is 1.71 bits per heavy atom. The second kappa shape index (κ2) is 12.7. The highest BCUT2D eigenvalue weighted by Gasteiger charge is 2.54. The number of halogens is 3. The monoisotopic (exact) mass is 536 g/mol. The smallest absolute Gasteiger partial charge is 0.416 e. The van der Waals surface area contributed by atoms with Gasteiger partial charge in [0.15, 0.2) is 0 Å². The Bertz CT molecular complexity index is 1130. The highest BCUT2D eigenvalue weighted by Crippen LogP contribution is 2.38. The third-order valence-electron chi connectivity index (χ3n) is 6.28. The van der Waals surface area contributed by atoms with E-state index in [1.165, 1.54) is 0 Å². The normalized spacial score (nSPS) is 17.8. The number of amides is 3. The summed E-state index contributed by atoms with van der Waals surface area (Å²) in [6.45, 7) is 11.6. The van der Waals surface area contributed by atoms with E-state index in [9.17, 15) is 22.8 Å². The molecular weight excluding hydrogens is 501 g/mol. The molecule has 1 heterocycles. The number of urea groups is 1. The van der Waals surface area contributed by atoms with Gasteiger partial charge in [0.25, 0.3) is 5.91 Å². The lowest BCUT2D eigenvalue weighted by Crippen LogP contribution is -2.51. The number of nitrogens with one attached hydrogen (secondary N) is 1. The van der Waals surface area contributed by atoms with E-state index in [1.807, 2.05) is 19.9 Å². The molecule has 7 nitrogen and oxygen atoms in total. The molecule has 208 valence electrons. The van der Waals surface area contributed by atoms with Gasteiger partial charge in [-0.05, 0) is 62.6 Å². The Morgan fingerprint density at radius 1 is 1.08 bits per heavy atom. The minimum absolute atomic E-state index is 0.0341. The summed E-state index contributed by atoms with van der Waals surface area (Å²) < 4.78 is 55.2. The van der Waals surface area contributed by atoms with Gasteiger partial charge in [-0.15, -0.1) is 0 Å². The third-order valence-corrected chi connectivity index (χ3v) is 6.28. The number of aryl methyl sites for hydroxylation is 1. The fraction of sp³-hybridized carbons (Fsp3) is 0.429. The van der Waals surface area contributed by atoms with Crippen LogP contribution in [0.2, 0.25) is 0 Å². The fourth-order valence-corrected chi connectivity index (χ4v) is 4.34. The number of carbonyl (C=O) groups excluding carboxylic acids is 2. The second-order valence-electron chi connectivity index (χ2n) is 8.49. The number of hydrogen-bond acceptors (Lipinski definition) is 5. The second-order valence-corrected chi connectivity index (χ2v) is 8.49. The van der Waals surface area contributed by atoms with Crippen molar-refractivity contribution in [2.45, 2.75) is 52.3 Å². The molecule has 38 heavy (non-hydrogen) atoms. The lowest BCUT2D eigenvalue weighted by molar-refractivity contribution is -0.137. The zero-order valence-electron chi connectivity index (χ0n) is 22.6. The maximum Gasteiger partial charge on any atom is 0.416 e. The number of hydrogen-bond donors (Lipinski definition) is 1. The van der Waals surface area contributed by atoms with E-state index in [4.69, 9.17) is 14.2 Å². The van der Waals surface area contributed by atoms with Crippen LogP contribution in [-0.4, -0.2) is 38.3 Å². The number of carbonyl (C=O) groups is 2. The standard InChI is InChI=1S/C26H29F3N2O5.C2H6/c1-6-36-16(2)21(14-8-17-7-13-20(34-4)15-22(17)35-5)25(3)23(32)31(24(33)30-25)19-11-9-18(10-12-19)26(27,28)29;1-2/h7,9-13,15,21H,2,6,8,14H2,1,3-5H3,(H,30,33);1-2H3. The molecule has 0 aromatic heterocycles. The van der Waals surface area contributed by atoms with E-state index in [1.54, 1.807) is 40.2 Å². The maximum absolute atomic E-state index is 13.6. The van der Waals surface area contributed by atoms with Gasteiger partial charge in [0.1, 0.15) is 17.0 Å². The van der Waals surface area contributed by atoms with Gasteiger partial charge < -0.3 is 19.5 Å². The molecule has 2 aromatic carbocycles. The quantitative estimate of drug-likeness (QED) is 0.282. The first-order chi connectivity index (χ1) is 18.0. The zero-order valence-corrected chi connectivity index (χ0v) is 22.6. The first-order valence-electron chi connectivity index (χ1n) is 12.3. The van der Waals surface area contributed by atoms with Gasteiger partial charge in [0.05, 0.1) is 37.8 Å². The van der Waals surface area contributed by atoms with Crippen LogP contribution in [0.3, 0.4) is 0 Å². The third kappa shape index (κ3) is 6.41. The van der Waals surface area contributed by atoms with Gasteiger partial charge in [0.2, 0.25) is 0 Å². The van der Waals surface area contributed by atoms with Crippen molar-refractivity contribution in [3.8, 4) is 11.5 Å². The van der Waals surface area contributed by atoms with Crippen LogP contribution < -0.4 is 19.7 Å². The molecule has 0 spiro atoms. The molecule has 1 aliphatic heterocycles. The van der Waals surface area contributed by atoms with Crippen molar-refractivity contribution in [1.29, 1.82) is 0 Å². The summed E-state index contributed by atoms with van der Waals surface area (Å²) in [5, 5.41) is 2.72. The average molecular weight is 537 g/mol. The molecule has 0 aliphatic carbocycles. The molecular formula is C28H35F3N2O5. The first-order valence-corrected chi connectivity index (χ1v) is 12.3. The lowest BCUT2D eigenvalue weighted by Gasteiger charge is -2.33. The van der Waals surface area contributed by atoms with E-state index < -0.39 is 35.1 Å².